The lowest BCUT2D eigenvalue weighted by Gasteiger charge is -2.34. The minimum atomic E-state index is 0.139. The molecule has 0 spiro atoms. The highest BCUT2D eigenvalue weighted by Crippen LogP contribution is 2.06. The number of hydrogen-bond acceptors (Lipinski definition) is 4. The second-order valence-corrected chi connectivity index (χ2v) is 4.85. The highest BCUT2D eigenvalue weighted by molar-refractivity contribution is 5.78. The number of carbonyl (C=O) groups excluding carboxylic acids is 1. The number of furan rings is 1. The molecule has 2 rings (SSSR count). The monoisotopic (exact) mass is 251 g/mol. The van der Waals surface area contributed by atoms with Gasteiger partial charge >= 0.3 is 0 Å². The molecular formula is C13H21N3O2. The van der Waals surface area contributed by atoms with Gasteiger partial charge in [-0.05, 0) is 19.1 Å². The van der Waals surface area contributed by atoms with E-state index in [1.165, 1.54) is 0 Å². The number of carbonyl (C=O) groups is 1. The van der Waals surface area contributed by atoms with E-state index in [0.717, 1.165) is 25.4 Å². The third-order valence-corrected chi connectivity index (χ3v) is 3.38. The predicted octanol–water partition coefficient (Wildman–Crippen LogP) is 0.532. The third-order valence-electron chi connectivity index (χ3n) is 3.38. The SMILES string of the molecule is C[C@@H]1CNCCN1CC(=O)N(C)Cc1ccco1. The minimum absolute atomic E-state index is 0.139. The lowest BCUT2D eigenvalue weighted by Crippen LogP contribution is -2.52. The number of likely N-dealkylation sites (N-methyl/N-ethyl adjacent to an activating group) is 1. The van der Waals surface area contributed by atoms with Gasteiger partial charge in [-0.25, -0.2) is 0 Å². The number of nitrogens with zero attached hydrogens (tertiary/aromatic N) is 2. The van der Waals surface area contributed by atoms with Crippen LogP contribution in [-0.2, 0) is 11.3 Å². The molecule has 100 valence electrons. The van der Waals surface area contributed by atoms with Gasteiger partial charge in [0, 0.05) is 32.7 Å². The molecule has 1 aliphatic rings. The van der Waals surface area contributed by atoms with Gasteiger partial charge in [-0.1, -0.05) is 0 Å². The van der Waals surface area contributed by atoms with Crippen molar-refractivity contribution in [1.82, 2.24) is 15.1 Å². The Morgan fingerprint density at radius 2 is 2.50 bits per heavy atom. The molecule has 1 atom stereocenters. The molecule has 1 aliphatic heterocycles. The van der Waals surface area contributed by atoms with E-state index in [-0.39, 0.29) is 5.91 Å². The summed E-state index contributed by atoms with van der Waals surface area (Å²) in [7, 11) is 1.82. The highest BCUT2D eigenvalue weighted by atomic mass is 16.3. The third kappa shape index (κ3) is 3.34. The van der Waals surface area contributed by atoms with Gasteiger partial charge in [0.15, 0.2) is 0 Å². The van der Waals surface area contributed by atoms with Crippen molar-refractivity contribution in [2.24, 2.45) is 0 Å². The van der Waals surface area contributed by atoms with E-state index < -0.39 is 0 Å². The fraction of sp³-hybridized carbons (Fsp3) is 0.615. The fourth-order valence-corrected chi connectivity index (χ4v) is 2.14. The van der Waals surface area contributed by atoms with E-state index in [4.69, 9.17) is 4.42 Å². The Hall–Kier alpha value is -1.33. The first-order chi connectivity index (χ1) is 8.66. The average molecular weight is 251 g/mol. The lowest BCUT2D eigenvalue weighted by atomic mass is 10.2. The summed E-state index contributed by atoms with van der Waals surface area (Å²) in [5.41, 5.74) is 0. The van der Waals surface area contributed by atoms with Gasteiger partial charge in [0.05, 0.1) is 19.4 Å². The molecule has 5 heteroatoms. The van der Waals surface area contributed by atoms with Crippen LogP contribution in [0.1, 0.15) is 12.7 Å². The molecule has 0 aromatic carbocycles. The standard InChI is InChI=1S/C13H21N3O2/c1-11-8-14-5-6-16(11)10-13(17)15(2)9-12-4-3-7-18-12/h3-4,7,11,14H,5-6,8-10H2,1-2H3/t11-/m1/s1. The van der Waals surface area contributed by atoms with Crippen molar-refractivity contribution in [2.75, 3.05) is 33.2 Å². The first-order valence-electron chi connectivity index (χ1n) is 6.38. The average Bonchev–Trinajstić information content (AvgIpc) is 2.84. The van der Waals surface area contributed by atoms with Crippen LogP contribution >= 0.6 is 0 Å². The van der Waals surface area contributed by atoms with Crippen LogP contribution in [0.3, 0.4) is 0 Å². The van der Waals surface area contributed by atoms with Crippen molar-refractivity contribution in [2.45, 2.75) is 19.5 Å². The normalized spacial score (nSPS) is 20.9. The van der Waals surface area contributed by atoms with Crippen molar-refractivity contribution in [3.8, 4) is 0 Å². The molecule has 1 N–H and O–H groups in total. The molecule has 5 nitrogen and oxygen atoms in total. The van der Waals surface area contributed by atoms with Gasteiger partial charge in [0.1, 0.15) is 5.76 Å². The number of amides is 1. The molecular weight excluding hydrogens is 230 g/mol. The Labute approximate surface area is 108 Å². The van der Waals surface area contributed by atoms with Crippen LogP contribution in [0.2, 0.25) is 0 Å². The number of rotatable bonds is 4. The molecule has 1 fully saturated rings. The fourth-order valence-electron chi connectivity index (χ4n) is 2.14. The van der Waals surface area contributed by atoms with Crippen LogP contribution in [-0.4, -0.2) is 55.0 Å². The highest BCUT2D eigenvalue weighted by Gasteiger charge is 2.22. The Balaban J connectivity index is 1.83. The van der Waals surface area contributed by atoms with Gasteiger partial charge in [-0.2, -0.15) is 0 Å². The summed E-state index contributed by atoms with van der Waals surface area (Å²) in [6.07, 6.45) is 1.63. The maximum Gasteiger partial charge on any atom is 0.236 e. The number of nitrogens with one attached hydrogen (secondary N) is 1. The van der Waals surface area contributed by atoms with Gasteiger partial charge in [-0.15, -0.1) is 0 Å². The molecule has 0 unspecified atom stereocenters. The van der Waals surface area contributed by atoms with Gasteiger partial charge in [0.25, 0.3) is 0 Å². The second-order valence-electron chi connectivity index (χ2n) is 4.85. The van der Waals surface area contributed by atoms with Crippen LogP contribution in [0.5, 0.6) is 0 Å². The van der Waals surface area contributed by atoms with Crippen molar-refractivity contribution in [3.05, 3.63) is 24.2 Å². The molecule has 0 aliphatic carbocycles. The van der Waals surface area contributed by atoms with Crippen LogP contribution in [0.25, 0.3) is 0 Å². The Bertz CT molecular complexity index is 378. The topological polar surface area (TPSA) is 48.7 Å². The Kier molecular flexibility index (Phi) is 4.38. The van der Waals surface area contributed by atoms with Crippen molar-refractivity contribution < 1.29 is 9.21 Å². The van der Waals surface area contributed by atoms with Crippen LogP contribution in [0.15, 0.2) is 22.8 Å². The Morgan fingerprint density at radius 3 is 3.17 bits per heavy atom. The molecule has 0 saturated carbocycles. The summed E-state index contributed by atoms with van der Waals surface area (Å²) in [4.78, 5) is 16.0. The van der Waals surface area contributed by atoms with E-state index in [1.54, 1.807) is 11.2 Å². The number of piperazine rings is 1. The van der Waals surface area contributed by atoms with Gasteiger partial charge < -0.3 is 14.6 Å². The molecule has 0 bridgehead atoms. The van der Waals surface area contributed by atoms with E-state index >= 15 is 0 Å². The first-order valence-corrected chi connectivity index (χ1v) is 6.38. The summed E-state index contributed by atoms with van der Waals surface area (Å²) in [6, 6.07) is 4.14. The van der Waals surface area contributed by atoms with E-state index in [2.05, 4.69) is 17.1 Å². The molecule has 1 amide bonds. The van der Waals surface area contributed by atoms with E-state index in [1.807, 2.05) is 19.2 Å². The summed E-state index contributed by atoms with van der Waals surface area (Å²) in [5.74, 6) is 0.958. The van der Waals surface area contributed by atoms with Crippen molar-refractivity contribution >= 4 is 5.91 Å². The van der Waals surface area contributed by atoms with Crippen molar-refractivity contribution in [1.29, 1.82) is 0 Å². The van der Waals surface area contributed by atoms with Crippen LogP contribution in [0.4, 0.5) is 0 Å². The van der Waals surface area contributed by atoms with Gasteiger partial charge in [0.2, 0.25) is 5.91 Å². The second kappa shape index (κ2) is 6.02. The molecule has 1 aromatic heterocycles. The Morgan fingerprint density at radius 1 is 1.67 bits per heavy atom. The number of hydrogen-bond donors (Lipinski definition) is 1. The zero-order valence-electron chi connectivity index (χ0n) is 11.1. The maximum absolute atomic E-state index is 12.1. The molecule has 18 heavy (non-hydrogen) atoms. The van der Waals surface area contributed by atoms with E-state index in [9.17, 15) is 4.79 Å². The van der Waals surface area contributed by atoms with Crippen LogP contribution in [0, 0.1) is 0 Å². The minimum Gasteiger partial charge on any atom is -0.467 e. The van der Waals surface area contributed by atoms with Crippen molar-refractivity contribution in [3.63, 3.8) is 0 Å². The molecule has 0 radical (unpaired) electrons. The summed E-state index contributed by atoms with van der Waals surface area (Å²) >= 11 is 0. The van der Waals surface area contributed by atoms with Gasteiger partial charge in [-0.3, -0.25) is 9.69 Å². The smallest absolute Gasteiger partial charge is 0.236 e. The lowest BCUT2D eigenvalue weighted by molar-refractivity contribution is -0.132. The molecule has 2 heterocycles. The summed E-state index contributed by atoms with van der Waals surface area (Å²) in [5, 5.41) is 3.32. The largest absolute Gasteiger partial charge is 0.467 e. The maximum atomic E-state index is 12.1. The van der Waals surface area contributed by atoms with Crippen LogP contribution < -0.4 is 5.32 Å². The summed E-state index contributed by atoms with van der Waals surface area (Å²) < 4.78 is 5.25. The first kappa shape index (κ1) is 13.1. The summed E-state index contributed by atoms with van der Waals surface area (Å²) in [6.45, 7) is 6.01. The molecule has 1 saturated heterocycles. The molecule has 1 aromatic rings. The zero-order valence-corrected chi connectivity index (χ0v) is 11.1. The predicted molar refractivity (Wildman–Crippen MR) is 69.1 cm³/mol. The van der Waals surface area contributed by atoms with E-state index in [0.29, 0.717) is 19.1 Å². The quantitative estimate of drug-likeness (QED) is 0.848. The zero-order chi connectivity index (χ0) is 13.0.